The van der Waals surface area contributed by atoms with Crippen LogP contribution < -0.4 is 10.1 Å². The Balaban J connectivity index is 2.21. The van der Waals surface area contributed by atoms with Crippen molar-refractivity contribution in [1.82, 2.24) is 5.32 Å². The molecule has 0 radical (unpaired) electrons. The summed E-state index contributed by atoms with van der Waals surface area (Å²) < 4.78 is 21.5. The van der Waals surface area contributed by atoms with Crippen LogP contribution in [0.2, 0.25) is 0 Å². The molecule has 8 heteroatoms. The molecule has 0 aliphatic carbocycles. The second-order valence-corrected chi connectivity index (χ2v) is 9.55. The molecule has 0 spiro atoms. The van der Waals surface area contributed by atoms with Gasteiger partial charge >= 0.3 is 8.60 Å². The fraction of sp³-hybridized carbons (Fsp3) is 0.731. The molecular weight excluding hydrogens is 453 g/mol. The minimum atomic E-state index is -2.00. The number of hydrogen-bond donors (Lipinski definition) is 2. The highest BCUT2D eigenvalue weighted by Crippen LogP contribution is 2.32. The van der Waals surface area contributed by atoms with E-state index in [4.69, 9.17) is 18.5 Å². The van der Waals surface area contributed by atoms with Gasteiger partial charge in [0.1, 0.15) is 11.9 Å². The standard InChI is InChI=1S/C26H46NO6P/c1-3-4-5-6-7-8-9-10-11-12-13-18-30-25-16-14-15-24(20-25)21-26(31-23-28)22-33-34(29)32-19-17-27-2/h14-16,20,23,26-27,29H,3-13,17-19,21-22H2,1-2H3. The van der Waals surface area contributed by atoms with Gasteiger partial charge in [-0.05, 0) is 31.2 Å². The van der Waals surface area contributed by atoms with Gasteiger partial charge in [-0.2, -0.15) is 0 Å². The molecule has 1 aromatic carbocycles. The van der Waals surface area contributed by atoms with Crippen molar-refractivity contribution in [1.29, 1.82) is 0 Å². The lowest BCUT2D eigenvalue weighted by molar-refractivity contribution is -0.135. The molecule has 0 saturated carbocycles. The number of benzene rings is 1. The Morgan fingerprint density at radius 2 is 1.65 bits per heavy atom. The molecule has 0 aliphatic rings. The van der Waals surface area contributed by atoms with Gasteiger partial charge < -0.3 is 28.7 Å². The van der Waals surface area contributed by atoms with Gasteiger partial charge in [0.25, 0.3) is 6.47 Å². The summed E-state index contributed by atoms with van der Waals surface area (Å²) in [6, 6.07) is 7.80. The van der Waals surface area contributed by atoms with Gasteiger partial charge in [0.2, 0.25) is 0 Å². The first-order valence-electron chi connectivity index (χ1n) is 12.9. The van der Waals surface area contributed by atoms with E-state index in [1.165, 1.54) is 64.2 Å². The highest BCUT2D eigenvalue weighted by atomic mass is 31.2. The molecular formula is C26H46NO6P. The molecule has 2 atom stereocenters. The lowest BCUT2D eigenvalue weighted by Gasteiger charge is -2.18. The molecule has 7 nitrogen and oxygen atoms in total. The molecule has 196 valence electrons. The third-order valence-corrected chi connectivity index (χ3v) is 6.32. The maximum Gasteiger partial charge on any atom is 0.330 e. The average Bonchev–Trinajstić information content (AvgIpc) is 2.84. The largest absolute Gasteiger partial charge is 0.494 e. The summed E-state index contributed by atoms with van der Waals surface area (Å²) in [6.45, 7) is 4.39. The molecule has 0 aromatic heterocycles. The van der Waals surface area contributed by atoms with Crippen molar-refractivity contribution < 1.29 is 28.2 Å². The smallest absolute Gasteiger partial charge is 0.330 e. The third kappa shape index (κ3) is 17.2. The lowest BCUT2D eigenvalue weighted by Crippen LogP contribution is -2.21. The van der Waals surface area contributed by atoms with E-state index in [9.17, 15) is 9.69 Å². The maximum absolute atomic E-state index is 10.9. The fourth-order valence-corrected chi connectivity index (χ4v) is 4.23. The van der Waals surface area contributed by atoms with Crippen molar-refractivity contribution in [2.45, 2.75) is 90.1 Å². The van der Waals surface area contributed by atoms with Crippen molar-refractivity contribution >= 4 is 15.1 Å². The topological polar surface area (TPSA) is 86.2 Å². The Kier molecular flexibility index (Phi) is 20.1. The van der Waals surface area contributed by atoms with Crippen molar-refractivity contribution in [3.8, 4) is 5.75 Å². The molecule has 1 aromatic rings. The number of hydrogen-bond acceptors (Lipinski definition) is 7. The molecule has 34 heavy (non-hydrogen) atoms. The van der Waals surface area contributed by atoms with Gasteiger partial charge in [0.15, 0.2) is 0 Å². The Bertz CT molecular complexity index is 606. The normalized spacial score (nSPS) is 12.9. The summed E-state index contributed by atoms with van der Waals surface area (Å²) in [6.07, 6.45) is 14.4. The number of carbonyl (C=O) groups is 1. The zero-order valence-electron chi connectivity index (χ0n) is 21.2. The van der Waals surface area contributed by atoms with Crippen LogP contribution in [0.25, 0.3) is 0 Å². The second-order valence-electron chi connectivity index (χ2n) is 8.56. The lowest BCUT2D eigenvalue weighted by atomic mass is 10.1. The number of nitrogens with one attached hydrogen (secondary N) is 1. The van der Waals surface area contributed by atoms with Crippen LogP contribution in [0.1, 0.15) is 83.1 Å². The van der Waals surface area contributed by atoms with E-state index in [-0.39, 0.29) is 6.61 Å². The fourth-order valence-electron chi connectivity index (χ4n) is 3.62. The monoisotopic (exact) mass is 499 g/mol. The highest BCUT2D eigenvalue weighted by molar-refractivity contribution is 7.40. The van der Waals surface area contributed by atoms with E-state index in [1.807, 2.05) is 24.3 Å². The minimum absolute atomic E-state index is 0.0598. The van der Waals surface area contributed by atoms with Gasteiger partial charge in [0, 0.05) is 13.0 Å². The van der Waals surface area contributed by atoms with E-state index >= 15 is 0 Å². The summed E-state index contributed by atoms with van der Waals surface area (Å²) in [5.74, 6) is 0.815. The molecule has 2 N–H and O–H groups in total. The van der Waals surface area contributed by atoms with Gasteiger partial charge in [-0.1, -0.05) is 83.3 Å². The number of carbonyl (C=O) groups excluding carboxylic acids is 1. The number of likely N-dealkylation sites (N-methyl/N-ethyl adjacent to an activating group) is 1. The Hall–Kier alpha value is -1.24. The van der Waals surface area contributed by atoms with Crippen LogP contribution in [0.3, 0.4) is 0 Å². The van der Waals surface area contributed by atoms with Crippen molar-refractivity contribution in [2.75, 3.05) is 33.4 Å². The minimum Gasteiger partial charge on any atom is -0.494 e. The Morgan fingerprint density at radius 1 is 0.971 bits per heavy atom. The van der Waals surface area contributed by atoms with E-state index in [0.29, 0.717) is 32.7 Å². The predicted molar refractivity (Wildman–Crippen MR) is 138 cm³/mol. The van der Waals surface area contributed by atoms with E-state index in [0.717, 1.165) is 17.7 Å². The van der Waals surface area contributed by atoms with Crippen LogP contribution in [0, 0.1) is 0 Å². The molecule has 1 rings (SSSR count). The van der Waals surface area contributed by atoms with Crippen molar-refractivity contribution in [2.24, 2.45) is 0 Å². The maximum atomic E-state index is 10.9. The number of ether oxygens (including phenoxy) is 2. The van der Waals surface area contributed by atoms with Crippen LogP contribution in [0.15, 0.2) is 24.3 Å². The molecule has 0 amide bonds. The van der Waals surface area contributed by atoms with E-state index < -0.39 is 14.7 Å². The summed E-state index contributed by atoms with van der Waals surface area (Å²) in [7, 11) is -0.198. The van der Waals surface area contributed by atoms with Crippen LogP contribution >= 0.6 is 8.60 Å². The predicted octanol–water partition coefficient (Wildman–Crippen LogP) is 5.93. The Labute approximate surface area is 207 Å². The van der Waals surface area contributed by atoms with Crippen LogP contribution in [0.4, 0.5) is 0 Å². The van der Waals surface area contributed by atoms with Crippen molar-refractivity contribution in [3.63, 3.8) is 0 Å². The first-order valence-corrected chi connectivity index (χ1v) is 14.0. The van der Waals surface area contributed by atoms with Crippen LogP contribution in [-0.2, 0) is 25.0 Å². The quantitative estimate of drug-likeness (QED) is 0.104. The molecule has 0 saturated heterocycles. The SMILES string of the molecule is CCCCCCCCCCCCCOc1cccc(CC(COP(O)OCCNC)OC=O)c1. The first-order chi connectivity index (χ1) is 16.7. The second kappa shape index (κ2) is 22.2. The summed E-state index contributed by atoms with van der Waals surface area (Å²) in [5, 5.41) is 2.92. The summed E-state index contributed by atoms with van der Waals surface area (Å²) in [5.41, 5.74) is 0.977. The summed E-state index contributed by atoms with van der Waals surface area (Å²) >= 11 is 0. The van der Waals surface area contributed by atoms with E-state index in [1.54, 1.807) is 7.05 Å². The molecule has 0 bridgehead atoms. The van der Waals surface area contributed by atoms with Crippen LogP contribution in [-0.4, -0.2) is 50.9 Å². The zero-order valence-corrected chi connectivity index (χ0v) is 22.1. The van der Waals surface area contributed by atoms with Crippen LogP contribution in [0.5, 0.6) is 5.75 Å². The average molecular weight is 500 g/mol. The molecule has 0 fully saturated rings. The Morgan fingerprint density at radius 3 is 2.29 bits per heavy atom. The number of rotatable bonds is 24. The van der Waals surface area contributed by atoms with Gasteiger partial charge in [-0.25, -0.2) is 0 Å². The van der Waals surface area contributed by atoms with Gasteiger partial charge in [-0.15, -0.1) is 0 Å². The van der Waals surface area contributed by atoms with Gasteiger partial charge in [-0.3, -0.25) is 4.79 Å². The summed E-state index contributed by atoms with van der Waals surface area (Å²) in [4.78, 5) is 20.6. The molecule has 2 unspecified atom stereocenters. The van der Waals surface area contributed by atoms with Crippen molar-refractivity contribution in [3.05, 3.63) is 29.8 Å². The third-order valence-electron chi connectivity index (χ3n) is 5.55. The van der Waals surface area contributed by atoms with Gasteiger partial charge in [0.05, 0.1) is 19.8 Å². The van der Waals surface area contributed by atoms with E-state index in [2.05, 4.69) is 12.2 Å². The molecule has 0 aliphatic heterocycles. The zero-order chi connectivity index (χ0) is 24.7. The highest BCUT2D eigenvalue weighted by Gasteiger charge is 2.16. The molecule has 0 heterocycles. The first kappa shape index (κ1) is 30.8. The number of unbranched alkanes of at least 4 members (excludes halogenated alkanes) is 10.